The lowest BCUT2D eigenvalue weighted by atomic mass is 10.1. The minimum Gasteiger partial charge on any atom is -0.365 e. The average molecular weight is 381 g/mol. The van der Waals surface area contributed by atoms with Gasteiger partial charge in [0, 0.05) is 5.69 Å². The summed E-state index contributed by atoms with van der Waals surface area (Å²) in [6.45, 7) is 1.92. The molecular weight excluding hydrogens is 365 g/mol. The standard InChI is InChI=1S/C20H16FN3O2S/c1-12-2-8-15(9-3-12)24-19(26)17(10-13-4-6-14(21)7-5-13)27-20(24)16(11-22)18(23)25/h2-9,17H,10H2,1H3,(H2,23,25)/b20-16-. The van der Waals surface area contributed by atoms with Crippen LogP contribution in [0.15, 0.2) is 59.1 Å². The van der Waals surface area contributed by atoms with Gasteiger partial charge in [0.1, 0.15) is 22.5 Å². The molecule has 136 valence electrons. The van der Waals surface area contributed by atoms with Crippen LogP contribution in [-0.2, 0) is 16.0 Å². The van der Waals surface area contributed by atoms with Crippen molar-refractivity contribution in [1.82, 2.24) is 0 Å². The topological polar surface area (TPSA) is 87.2 Å². The Morgan fingerprint density at radius 2 is 1.85 bits per heavy atom. The normalized spacial score (nSPS) is 18.3. The number of rotatable bonds is 4. The first-order valence-electron chi connectivity index (χ1n) is 8.16. The summed E-state index contributed by atoms with van der Waals surface area (Å²) >= 11 is 1.12. The molecule has 1 aliphatic rings. The average Bonchev–Trinajstić information content (AvgIpc) is 2.94. The number of hydrogen-bond donors (Lipinski definition) is 1. The monoisotopic (exact) mass is 381 g/mol. The van der Waals surface area contributed by atoms with Crippen molar-refractivity contribution in [2.75, 3.05) is 4.90 Å². The molecule has 0 saturated carbocycles. The number of amides is 2. The van der Waals surface area contributed by atoms with E-state index >= 15 is 0 Å². The van der Waals surface area contributed by atoms with Crippen LogP contribution in [0.2, 0.25) is 0 Å². The summed E-state index contributed by atoms with van der Waals surface area (Å²) in [6, 6.07) is 14.9. The van der Waals surface area contributed by atoms with Crippen LogP contribution >= 0.6 is 11.8 Å². The minimum absolute atomic E-state index is 0.228. The summed E-state index contributed by atoms with van der Waals surface area (Å²) < 4.78 is 13.1. The van der Waals surface area contributed by atoms with E-state index in [4.69, 9.17) is 5.73 Å². The summed E-state index contributed by atoms with van der Waals surface area (Å²) in [5, 5.41) is 9.04. The fourth-order valence-electron chi connectivity index (χ4n) is 2.76. The fraction of sp³-hybridized carbons (Fsp3) is 0.150. The number of carbonyl (C=O) groups is 2. The molecule has 0 spiro atoms. The number of hydrogen-bond acceptors (Lipinski definition) is 4. The van der Waals surface area contributed by atoms with E-state index in [1.165, 1.54) is 17.0 Å². The van der Waals surface area contributed by atoms with Gasteiger partial charge in [-0.05, 0) is 43.2 Å². The van der Waals surface area contributed by atoms with E-state index in [2.05, 4.69) is 0 Å². The molecule has 2 aromatic rings. The van der Waals surface area contributed by atoms with E-state index in [-0.39, 0.29) is 22.3 Å². The number of carbonyl (C=O) groups excluding carboxylic acids is 2. The molecule has 1 aliphatic heterocycles. The quantitative estimate of drug-likeness (QED) is 0.651. The predicted octanol–water partition coefficient (Wildman–Crippen LogP) is 3.05. The lowest BCUT2D eigenvalue weighted by molar-refractivity contribution is -0.117. The smallest absolute Gasteiger partial charge is 0.262 e. The third-order valence-corrected chi connectivity index (χ3v) is 5.41. The minimum atomic E-state index is -0.882. The zero-order valence-corrected chi connectivity index (χ0v) is 15.3. The summed E-state index contributed by atoms with van der Waals surface area (Å²) in [5.74, 6) is -1.49. The van der Waals surface area contributed by atoms with E-state index in [0.717, 1.165) is 22.9 Å². The predicted molar refractivity (Wildman–Crippen MR) is 102 cm³/mol. The summed E-state index contributed by atoms with van der Waals surface area (Å²) in [5.41, 5.74) is 7.44. The molecule has 1 atom stereocenters. The van der Waals surface area contributed by atoms with E-state index in [1.807, 2.05) is 25.1 Å². The van der Waals surface area contributed by atoms with Crippen LogP contribution in [0.25, 0.3) is 0 Å². The maximum Gasteiger partial charge on any atom is 0.262 e. The molecule has 3 rings (SSSR count). The van der Waals surface area contributed by atoms with Crippen molar-refractivity contribution in [1.29, 1.82) is 5.26 Å². The lowest BCUT2D eigenvalue weighted by Gasteiger charge is -2.18. The Morgan fingerprint density at radius 1 is 1.22 bits per heavy atom. The van der Waals surface area contributed by atoms with Gasteiger partial charge < -0.3 is 5.73 Å². The van der Waals surface area contributed by atoms with Crippen LogP contribution < -0.4 is 10.6 Å². The highest BCUT2D eigenvalue weighted by Gasteiger charge is 2.40. The van der Waals surface area contributed by atoms with Gasteiger partial charge in [-0.3, -0.25) is 14.5 Å². The van der Waals surface area contributed by atoms with E-state index in [1.54, 1.807) is 24.3 Å². The molecular formula is C20H16FN3O2S. The van der Waals surface area contributed by atoms with Crippen molar-refractivity contribution < 1.29 is 14.0 Å². The van der Waals surface area contributed by atoms with Crippen LogP contribution in [0.3, 0.4) is 0 Å². The van der Waals surface area contributed by atoms with Crippen LogP contribution in [0.4, 0.5) is 10.1 Å². The van der Waals surface area contributed by atoms with E-state index in [9.17, 15) is 19.2 Å². The fourth-order valence-corrected chi connectivity index (χ4v) is 4.08. The number of halogens is 1. The molecule has 1 unspecified atom stereocenters. The zero-order chi connectivity index (χ0) is 19.6. The van der Waals surface area contributed by atoms with Gasteiger partial charge in [-0.25, -0.2) is 4.39 Å². The van der Waals surface area contributed by atoms with Crippen LogP contribution in [0, 0.1) is 24.1 Å². The molecule has 2 N–H and O–H groups in total. The Bertz CT molecular complexity index is 962. The number of benzene rings is 2. The van der Waals surface area contributed by atoms with Gasteiger partial charge in [-0.1, -0.05) is 41.6 Å². The second kappa shape index (κ2) is 7.64. The summed E-state index contributed by atoms with van der Waals surface area (Å²) in [6.07, 6.45) is 0.340. The molecule has 7 heteroatoms. The SMILES string of the molecule is Cc1ccc(N2C(=O)C(Cc3ccc(F)cc3)S/C2=C(/C#N)C(N)=O)cc1. The number of nitrogens with zero attached hydrogens (tertiary/aromatic N) is 2. The molecule has 1 fully saturated rings. The van der Waals surface area contributed by atoms with Crippen LogP contribution in [-0.4, -0.2) is 17.1 Å². The van der Waals surface area contributed by atoms with Gasteiger partial charge >= 0.3 is 0 Å². The number of thioether (sulfide) groups is 1. The van der Waals surface area contributed by atoms with Crippen molar-refractivity contribution >= 4 is 29.3 Å². The second-order valence-electron chi connectivity index (χ2n) is 6.10. The number of nitriles is 1. The summed E-state index contributed by atoms with van der Waals surface area (Å²) in [4.78, 5) is 26.1. The van der Waals surface area contributed by atoms with Crippen LogP contribution in [0.1, 0.15) is 11.1 Å². The van der Waals surface area contributed by atoms with Crippen LogP contribution in [0.5, 0.6) is 0 Å². The van der Waals surface area contributed by atoms with Crippen molar-refractivity contribution in [3.63, 3.8) is 0 Å². The van der Waals surface area contributed by atoms with E-state index < -0.39 is 11.2 Å². The molecule has 0 radical (unpaired) electrons. The van der Waals surface area contributed by atoms with Crippen molar-refractivity contribution in [2.45, 2.75) is 18.6 Å². The zero-order valence-electron chi connectivity index (χ0n) is 14.5. The Kier molecular flexibility index (Phi) is 5.28. The molecule has 0 aromatic heterocycles. The number of anilines is 1. The first-order chi connectivity index (χ1) is 12.9. The lowest BCUT2D eigenvalue weighted by Crippen LogP contribution is -2.31. The number of primary amides is 1. The number of nitrogens with two attached hydrogens (primary N) is 1. The first-order valence-corrected chi connectivity index (χ1v) is 9.04. The highest BCUT2D eigenvalue weighted by Crippen LogP contribution is 2.41. The van der Waals surface area contributed by atoms with Crippen molar-refractivity contribution in [3.8, 4) is 6.07 Å². The maximum absolute atomic E-state index is 13.1. The Labute approximate surface area is 160 Å². The van der Waals surface area contributed by atoms with Gasteiger partial charge in [0.25, 0.3) is 5.91 Å². The Balaban J connectivity index is 2.01. The van der Waals surface area contributed by atoms with E-state index in [0.29, 0.717) is 12.1 Å². The number of aryl methyl sites for hydroxylation is 1. The van der Waals surface area contributed by atoms with Crippen molar-refractivity contribution in [3.05, 3.63) is 76.1 Å². The third kappa shape index (κ3) is 3.86. The molecule has 0 aliphatic carbocycles. The van der Waals surface area contributed by atoms with Gasteiger partial charge in [0.2, 0.25) is 5.91 Å². The Morgan fingerprint density at radius 3 is 2.41 bits per heavy atom. The first kappa shape index (κ1) is 18.7. The van der Waals surface area contributed by atoms with Gasteiger partial charge in [-0.2, -0.15) is 5.26 Å². The molecule has 0 bridgehead atoms. The second-order valence-corrected chi connectivity index (χ2v) is 7.29. The Hall–Kier alpha value is -3.11. The molecule has 2 amide bonds. The van der Waals surface area contributed by atoms with Gasteiger partial charge in [-0.15, -0.1) is 0 Å². The largest absolute Gasteiger partial charge is 0.365 e. The van der Waals surface area contributed by atoms with Gasteiger partial charge in [0.05, 0.1) is 5.25 Å². The molecule has 27 heavy (non-hydrogen) atoms. The highest BCUT2D eigenvalue weighted by atomic mass is 32.2. The molecule has 1 saturated heterocycles. The third-order valence-electron chi connectivity index (χ3n) is 4.15. The molecule has 5 nitrogen and oxygen atoms in total. The molecule has 2 aromatic carbocycles. The van der Waals surface area contributed by atoms with Crippen molar-refractivity contribution in [2.24, 2.45) is 5.73 Å². The van der Waals surface area contributed by atoms with Gasteiger partial charge in [0.15, 0.2) is 0 Å². The summed E-state index contributed by atoms with van der Waals surface area (Å²) in [7, 11) is 0. The maximum atomic E-state index is 13.1. The molecule has 1 heterocycles. The highest BCUT2D eigenvalue weighted by molar-refractivity contribution is 8.05.